The van der Waals surface area contributed by atoms with E-state index in [0.717, 1.165) is 18.0 Å². The topological polar surface area (TPSA) is 69.7 Å². The van der Waals surface area contributed by atoms with Crippen LogP contribution in [0, 0.1) is 0 Å². The predicted octanol–water partition coefficient (Wildman–Crippen LogP) is 2.76. The second-order valence-corrected chi connectivity index (χ2v) is 10.6. The highest BCUT2D eigenvalue weighted by Crippen LogP contribution is 2.33. The Morgan fingerprint density at radius 3 is 2.52 bits per heavy atom. The Morgan fingerprint density at radius 1 is 1.04 bits per heavy atom. The number of rotatable bonds is 3. The lowest BCUT2D eigenvalue weighted by atomic mass is 9.94. The molecule has 8 heteroatoms. The monoisotopic (exact) mass is 409 g/mol. The molecule has 3 aliphatic rings. The van der Waals surface area contributed by atoms with Gasteiger partial charge in [-0.25, -0.2) is 8.42 Å². The van der Waals surface area contributed by atoms with Crippen molar-refractivity contribution in [1.82, 2.24) is 9.21 Å². The van der Waals surface area contributed by atoms with E-state index in [1.54, 1.807) is 28.2 Å². The summed E-state index contributed by atoms with van der Waals surface area (Å²) < 4.78 is 27.8. The molecular formula is C19H27N3O3S2. The Bertz CT molecular complexity index is 798. The van der Waals surface area contributed by atoms with Gasteiger partial charge in [0.15, 0.2) is 0 Å². The van der Waals surface area contributed by atoms with Gasteiger partial charge in [-0.3, -0.25) is 9.69 Å². The molecule has 27 heavy (non-hydrogen) atoms. The van der Waals surface area contributed by atoms with Crippen molar-refractivity contribution in [2.75, 3.05) is 37.2 Å². The third kappa shape index (κ3) is 4.18. The van der Waals surface area contributed by atoms with Crippen LogP contribution in [0.3, 0.4) is 0 Å². The largest absolute Gasteiger partial charge is 0.325 e. The molecule has 0 unspecified atom stereocenters. The molecule has 148 valence electrons. The van der Waals surface area contributed by atoms with E-state index in [2.05, 4.69) is 10.2 Å². The van der Waals surface area contributed by atoms with E-state index in [1.807, 2.05) is 6.07 Å². The number of amides is 1. The van der Waals surface area contributed by atoms with Gasteiger partial charge >= 0.3 is 0 Å². The van der Waals surface area contributed by atoms with Gasteiger partial charge in [-0.05, 0) is 31.0 Å². The van der Waals surface area contributed by atoms with Crippen molar-refractivity contribution < 1.29 is 13.2 Å². The Labute approximate surface area is 165 Å². The van der Waals surface area contributed by atoms with E-state index in [1.165, 1.54) is 32.1 Å². The van der Waals surface area contributed by atoms with Gasteiger partial charge in [0.1, 0.15) is 0 Å². The summed E-state index contributed by atoms with van der Waals surface area (Å²) in [6, 6.07) is 5.74. The van der Waals surface area contributed by atoms with Gasteiger partial charge in [-0.15, -0.1) is 11.8 Å². The van der Waals surface area contributed by atoms with Crippen LogP contribution in [0.15, 0.2) is 28.0 Å². The highest BCUT2D eigenvalue weighted by molar-refractivity contribution is 7.99. The van der Waals surface area contributed by atoms with Gasteiger partial charge < -0.3 is 5.32 Å². The molecule has 2 heterocycles. The summed E-state index contributed by atoms with van der Waals surface area (Å²) in [5.41, 5.74) is 0.615. The SMILES string of the molecule is O=C1CCSc2ccc(S(=O)(=O)N3CCN(C4CCCCC4)CC3)cc2N1. The number of anilines is 1. The third-order valence-corrected chi connectivity index (χ3v) is 8.78. The van der Waals surface area contributed by atoms with Crippen LogP contribution in [0.4, 0.5) is 5.69 Å². The number of hydrogen-bond donors (Lipinski definition) is 1. The number of fused-ring (bicyclic) bond motifs is 1. The van der Waals surface area contributed by atoms with Gasteiger partial charge in [-0.1, -0.05) is 19.3 Å². The molecule has 2 aliphatic heterocycles. The first-order valence-corrected chi connectivity index (χ1v) is 12.3. The lowest BCUT2D eigenvalue weighted by Crippen LogP contribution is -2.52. The minimum Gasteiger partial charge on any atom is -0.325 e. The second-order valence-electron chi connectivity index (χ2n) is 7.54. The zero-order valence-electron chi connectivity index (χ0n) is 15.5. The van der Waals surface area contributed by atoms with Crippen LogP contribution >= 0.6 is 11.8 Å². The van der Waals surface area contributed by atoms with Crippen molar-refractivity contribution in [2.45, 2.75) is 54.4 Å². The Kier molecular flexibility index (Phi) is 5.78. The van der Waals surface area contributed by atoms with Crippen molar-refractivity contribution in [3.05, 3.63) is 18.2 Å². The van der Waals surface area contributed by atoms with Gasteiger partial charge in [0, 0.05) is 49.3 Å². The molecule has 2 fully saturated rings. The van der Waals surface area contributed by atoms with Gasteiger partial charge in [0.2, 0.25) is 15.9 Å². The minimum absolute atomic E-state index is 0.0584. The smallest absolute Gasteiger partial charge is 0.243 e. The van der Waals surface area contributed by atoms with Crippen molar-refractivity contribution >= 4 is 33.4 Å². The highest BCUT2D eigenvalue weighted by atomic mass is 32.2. The average molecular weight is 410 g/mol. The number of hydrogen-bond acceptors (Lipinski definition) is 5. The Morgan fingerprint density at radius 2 is 1.78 bits per heavy atom. The maximum atomic E-state index is 13.1. The van der Waals surface area contributed by atoms with Crippen LogP contribution in [0.1, 0.15) is 38.5 Å². The molecule has 0 aromatic heterocycles. The summed E-state index contributed by atoms with van der Waals surface area (Å²) in [4.78, 5) is 15.5. The quantitative estimate of drug-likeness (QED) is 0.831. The zero-order chi connectivity index (χ0) is 18.9. The standard InChI is InChI=1S/C19H27N3O3S2/c23-19-8-13-26-18-7-6-16(14-17(18)20-19)27(24,25)22-11-9-21(10-12-22)15-4-2-1-3-5-15/h6-7,14-15H,1-5,8-13H2,(H,20,23). The maximum Gasteiger partial charge on any atom is 0.243 e. The zero-order valence-corrected chi connectivity index (χ0v) is 17.2. The van der Waals surface area contributed by atoms with E-state index >= 15 is 0 Å². The van der Waals surface area contributed by atoms with Crippen LogP contribution in [0.2, 0.25) is 0 Å². The van der Waals surface area contributed by atoms with Crippen LogP contribution < -0.4 is 5.32 Å². The number of carbonyl (C=O) groups excluding carboxylic acids is 1. The molecule has 1 amide bonds. The summed E-state index contributed by atoms with van der Waals surface area (Å²) in [6.07, 6.45) is 6.86. The number of benzene rings is 1. The predicted molar refractivity (Wildman–Crippen MR) is 108 cm³/mol. The van der Waals surface area contributed by atoms with Crippen molar-refractivity contribution in [2.24, 2.45) is 0 Å². The van der Waals surface area contributed by atoms with E-state index in [4.69, 9.17) is 0 Å². The van der Waals surface area contributed by atoms with Crippen LogP contribution in [0.25, 0.3) is 0 Å². The van der Waals surface area contributed by atoms with Crippen LogP contribution in [-0.4, -0.2) is 61.5 Å². The van der Waals surface area contributed by atoms with Crippen molar-refractivity contribution in [3.63, 3.8) is 0 Å². The summed E-state index contributed by atoms with van der Waals surface area (Å²) in [5.74, 6) is 0.658. The summed E-state index contributed by atoms with van der Waals surface area (Å²) in [5, 5.41) is 2.84. The first-order valence-electron chi connectivity index (χ1n) is 9.85. The number of carbonyl (C=O) groups is 1. The van der Waals surface area contributed by atoms with Gasteiger partial charge in [-0.2, -0.15) is 4.31 Å². The Hall–Kier alpha value is -1.09. The number of thioether (sulfide) groups is 1. The normalized spacial score (nSPS) is 23.5. The molecule has 1 aromatic rings. The van der Waals surface area contributed by atoms with E-state index < -0.39 is 10.0 Å². The molecular weight excluding hydrogens is 382 g/mol. The number of nitrogens with zero attached hydrogens (tertiary/aromatic N) is 2. The number of sulfonamides is 1. The molecule has 1 aliphatic carbocycles. The molecule has 1 saturated carbocycles. The Balaban J connectivity index is 1.47. The molecule has 0 bridgehead atoms. The molecule has 4 rings (SSSR count). The molecule has 0 radical (unpaired) electrons. The summed E-state index contributed by atoms with van der Waals surface area (Å²) in [7, 11) is -3.53. The lowest BCUT2D eigenvalue weighted by Gasteiger charge is -2.40. The maximum absolute atomic E-state index is 13.1. The van der Waals surface area contributed by atoms with E-state index in [0.29, 0.717) is 37.0 Å². The highest BCUT2D eigenvalue weighted by Gasteiger charge is 2.32. The van der Waals surface area contributed by atoms with Gasteiger partial charge in [0.25, 0.3) is 0 Å². The first kappa shape index (κ1) is 19.2. The van der Waals surface area contributed by atoms with E-state index in [9.17, 15) is 13.2 Å². The minimum atomic E-state index is -3.53. The summed E-state index contributed by atoms with van der Waals surface area (Å²) >= 11 is 1.59. The molecule has 6 nitrogen and oxygen atoms in total. The molecule has 0 spiro atoms. The molecule has 1 aromatic carbocycles. The summed E-state index contributed by atoms with van der Waals surface area (Å²) in [6.45, 7) is 2.69. The fourth-order valence-electron chi connectivity index (χ4n) is 4.26. The fraction of sp³-hybridized carbons (Fsp3) is 0.632. The van der Waals surface area contributed by atoms with Crippen LogP contribution in [0.5, 0.6) is 0 Å². The number of piperazine rings is 1. The first-order chi connectivity index (χ1) is 13.0. The third-order valence-electron chi connectivity index (χ3n) is 5.81. The average Bonchev–Trinajstić information content (AvgIpc) is 2.88. The molecule has 0 atom stereocenters. The fourth-order valence-corrected chi connectivity index (χ4v) is 6.65. The van der Waals surface area contributed by atoms with Gasteiger partial charge in [0.05, 0.1) is 10.6 Å². The van der Waals surface area contributed by atoms with Crippen molar-refractivity contribution in [1.29, 1.82) is 0 Å². The molecule has 1 saturated heterocycles. The lowest BCUT2D eigenvalue weighted by molar-refractivity contribution is -0.115. The second kappa shape index (κ2) is 8.11. The van der Waals surface area contributed by atoms with E-state index in [-0.39, 0.29) is 10.8 Å². The van der Waals surface area contributed by atoms with Crippen LogP contribution in [-0.2, 0) is 14.8 Å². The number of nitrogens with one attached hydrogen (secondary N) is 1. The molecule has 1 N–H and O–H groups in total. The van der Waals surface area contributed by atoms with Crippen molar-refractivity contribution in [3.8, 4) is 0 Å².